The van der Waals surface area contributed by atoms with Crippen LogP contribution in [0.3, 0.4) is 0 Å². The summed E-state index contributed by atoms with van der Waals surface area (Å²) in [6.45, 7) is 3.26. The van der Waals surface area contributed by atoms with Gasteiger partial charge in [-0.05, 0) is 20.6 Å². The van der Waals surface area contributed by atoms with E-state index in [1.165, 1.54) is 0 Å². The Labute approximate surface area is 94.1 Å². The number of hydrogen-bond donors (Lipinski definition) is 0. The molecule has 0 aromatic heterocycles. The zero-order valence-corrected chi connectivity index (χ0v) is 12.3. The molecule has 65 valence electrons. The van der Waals surface area contributed by atoms with E-state index in [0.29, 0.717) is 0 Å². The largest absolute Gasteiger partial charge is 2.00 e. The van der Waals surface area contributed by atoms with E-state index in [0.717, 1.165) is 6.54 Å². The van der Waals surface area contributed by atoms with Crippen LogP contribution in [0.2, 0.25) is 0 Å². The fourth-order valence-electron chi connectivity index (χ4n) is 0. The Kier molecular flexibility index (Phi) is 137. The number of nitrogens with zero attached hydrogens (tertiary/aromatic N) is 1. The second-order valence-electron chi connectivity index (χ2n) is 1.40. The summed E-state index contributed by atoms with van der Waals surface area (Å²) in [4.78, 5) is 2.12. The summed E-state index contributed by atoms with van der Waals surface area (Å²) in [5, 5.41) is 0. The van der Waals surface area contributed by atoms with Gasteiger partial charge in [-0.2, -0.15) is 0 Å². The van der Waals surface area contributed by atoms with Gasteiger partial charge < -0.3 is 27.2 Å². The van der Waals surface area contributed by atoms with Crippen LogP contribution in [0, 0.1) is 22.3 Å². The molecule has 0 N–H and O–H groups in total. The van der Waals surface area contributed by atoms with Crippen molar-refractivity contribution in [3.63, 3.8) is 0 Å². The van der Waals surface area contributed by atoms with E-state index < -0.39 is 0 Å². The molecule has 0 atom stereocenters. The van der Waals surface area contributed by atoms with Crippen molar-refractivity contribution in [2.75, 3.05) is 20.6 Å². The molecule has 1 nitrogen and oxygen atoms in total. The summed E-state index contributed by atoms with van der Waals surface area (Å²) in [7, 11) is 4.11. The van der Waals surface area contributed by atoms with Crippen molar-refractivity contribution in [2.24, 2.45) is 0 Å². The standard InChI is InChI=1S/C4H11N.3CH3.V.W/c1-4-5(2)3;;;;;/h4H2,1-3H3;3*1H3;;/q;3*-1;+2;. The summed E-state index contributed by atoms with van der Waals surface area (Å²) in [6, 6.07) is 0. The van der Waals surface area contributed by atoms with Crippen molar-refractivity contribution in [3.8, 4) is 0 Å². The van der Waals surface area contributed by atoms with Crippen LogP contribution in [0.5, 0.6) is 0 Å². The van der Waals surface area contributed by atoms with Crippen molar-refractivity contribution in [1.82, 2.24) is 4.90 Å². The predicted molar refractivity (Wildman–Crippen MR) is 43.5 cm³/mol. The summed E-state index contributed by atoms with van der Waals surface area (Å²) < 4.78 is 0. The van der Waals surface area contributed by atoms with Crippen LogP contribution in [-0.2, 0) is 39.6 Å². The van der Waals surface area contributed by atoms with Crippen molar-refractivity contribution in [2.45, 2.75) is 6.92 Å². The average Bonchev–Trinajstić information content (AvgIpc) is 1.38. The summed E-state index contributed by atoms with van der Waals surface area (Å²) in [5.74, 6) is 0. The molecule has 0 heterocycles. The van der Waals surface area contributed by atoms with E-state index in [1.54, 1.807) is 0 Å². The van der Waals surface area contributed by atoms with Crippen LogP contribution >= 0.6 is 0 Å². The van der Waals surface area contributed by atoms with Crippen LogP contribution in [0.15, 0.2) is 0 Å². The Morgan fingerprint density at radius 1 is 1.00 bits per heavy atom. The molecule has 0 spiro atoms. The predicted octanol–water partition coefficient (Wildman–Crippen LogP) is 1.91. The summed E-state index contributed by atoms with van der Waals surface area (Å²) in [5.41, 5.74) is 0. The third kappa shape index (κ3) is 59.9. The van der Waals surface area contributed by atoms with Crippen LogP contribution in [-0.4, -0.2) is 25.5 Å². The molecule has 0 aliphatic carbocycles. The number of hydrogen-bond acceptors (Lipinski definition) is 1. The minimum absolute atomic E-state index is 0. The second-order valence-corrected chi connectivity index (χ2v) is 1.40. The summed E-state index contributed by atoms with van der Waals surface area (Å²) in [6.07, 6.45) is 0. The Morgan fingerprint density at radius 2 is 1.10 bits per heavy atom. The molecule has 1 radical (unpaired) electrons. The fraction of sp³-hybridized carbons (Fsp3) is 0.571. The molecule has 0 amide bonds. The molecular formula is C7H20NVW-. The molecule has 0 fully saturated rings. The molecule has 0 aliphatic rings. The quantitative estimate of drug-likeness (QED) is 0.652. The number of rotatable bonds is 1. The van der Waals surface area contributed by atoms with Crippen LogP contribution < -0.4 is 0 Å². The molecule has 0 aromatic carbocycles. The van der Waals surface area contributed by atoms with Crippen LogP contribution in [0.25, 0.3) is 0 Å². The molecule has 0 saturated heterocycles. The zero-order valence-electron chi connectivity index (χ0n) is 8.01. The van der Waals surface area contributed by atoms with Crippen molar-refractivity contribution < 1.29 is 39.6 Å². The SMILES string of the molecule is CCN(C)C.[CH3-].[CH3-].[CH3-].[V+2].[W]. The van der Waals surface area contributed by atoms with E-state index in [-0.39, 0.29) is 61.9 Å². The molecule has 0 bridgehead atoms. The Balaban J connectivity index is -0.00000000800. The minimum atomic E-state index is 0. The van der Waals surface area contributed by atoms with Gasteiger partial charge in [-0.3, -0.25) is 0 Å². The normalized spacial score (nSPS) is 4.80. The molecule has 0 unspecified atom stereocenters. The van der Waals surface area contributed by atoms with Gasteiger partial charge in [0.25, 0.3) is 0 Å². The minimum Gasteiger partial charge on any atom is -0.358 e. The van der Waals surface area contributed by atoms with Gasteiger partial charge in [-0.1, -0.05) is 6.92 Å². The van der Waals surface area contributed by atoms with Gasteiger partial charge >= 0.3 is 18.6 Å². The van der Waals surface area contributed by atoms with Gasteiger partial charge in [0.2, 0.25) is 0 Å². The van der Waals surface area contributed by atoms with Crippen LogP contribution in [0.4, 0.5) is 0 Å². The van der Waals surface area contributed by atoms with E-state index in [1.807, 2.05) is 0 Å². The van der Waals surface area contributed by atoms with Gasteiger partial charge in [0.05, 0.1) is 0 Å². The summed E-state index contributed by atoms with van der Waals surface area (Å²) >= 11 is 0. The third-order valence-electron chi connectivity index (χ3n) is 0.632. The molecule has 0 rings (SSSR count). The van der Waals surface area contributed by atoms with Crippen LogP contribution in [0.1, 0.15) is 6.92 Å². The maximum absolute atomic E-state index is 2.12. The molecule has 10 heavy (non-hydrogen) atoms. The smallest absolute Gasteiger partial charge is 0.358 e. The first-order chi connectivity index (χ1) is 2.27. The average molecular weight is 353 g/mol. The molecule has 0 aromatic rings. The van der Waals surface area contributed by atoms with Gasteiger partial charge in [0.1, 0.15) is 0 Å². The fourth-order valence-corrected chi connectivity index (χ4v) is 0. The first kappa shape index (κ1) is 43.0. The van der Waals surface area contributed by atoms with E-state index in [2.05, 4.69) is 25.9 Å². The molecule has 0 aliphatic heterocycles. The van der Waals surface area contributed by atoms with E-state index >= 15 is 0 Å². The first-order valence-corrected chi connectivity index (χ1v) is 1.92. The Morgan fingerprint density at radius 3 is 1.10 bits per heavy atom. The van der Waals surface area contributed by atoms with E-state index in [9.17, 15) is 0 Å². The van der Waals surface area contributed by atoms with Crippen molar-refractivity contribution >= 4 is 0 Å². The first-order valence-electron chi connectivity index (χ1n) is 1.92. The van der Waals surface area contributed by atoms with E-state index in [4.69, 9.17) is 0 Å². The maximum Gasteiger partial charge on any atom is 2.00 e. The van der Waals surface area contributed by atoms with Gasteiger partial charge in [-0.25, -0.2) is 0 Å². The molecule has 3 heteroatoms. The zero-order chi connectivity index (χ0) is 4.28. The monoisotopic (exact) mass is 353 g/mol. The van der Waals surface area contributed by atoms with Crippen molar-refractivity contribution in [3.05, 3.63) is 22.3 Å². The Bertz CT molecular complexity index is 27.6. The second kappa shape index (κ2) is 31.9. The molecule has 0 saturated carbocycles. The van der Waals surface area contributed by atoms with Gasteiger partial charge in [0, 0.05) is 21.1 Å². The van der Waals surface area contributed by atoms with Gasteiger partial charge in [0.15, 0.2) is 0 Å². The van der Waals surface area contributed by atoms with Gasteiger partial charge in [-0.15, -0.1) is 0 Å². The third-order valence-corrected chi connectivity index (χ3v) is 0.632. The topological polar surface area (TPSA) is 3.24 Å². The van der Waals surface area contributed by atoms with Crippen molar-refractivity contribution in [1.29, 1.82) is 0 Å². The molecular weight excluding hydrogens is 333 g/mol. The maximum atomic E-state index is 2.12. The Hall–Kier alpha value is 1.23.